The molecule has 4 aromatic rings. The molecule has 170 valence electrons. The summed E-state index contributed by atoms with van der Waals surface area (Å²) in [5.74, 6) is 2.45. The standard InChI is InChI=1S/C23H22ClN5O4/c1-25-22(30)18-10-14(7-8-26-18)33-13-5-6-19-16(9-13)27-23(29(19)2)28-17-12-20(31-3)15(24)11-21(17)32-4/h5-12H,1-4H3,(H,25,30)(H,27,28). The van der Waals surface area contributed by atoms with Crippen molar-refractivity contribution in [1.29, 1.82) is 0 Å². The molecule has 0 aliphatic heterocycles. The van der Waals surface area contributed by atoms with Gasteiger partial charge in [0.1, 0.15) is 28.7 Å². The Balaban J connectivity index is 1.63. The fraction of sp³-hybridized carbons (Fsp3) is 0.174. The van der Waals surface area contributed by atoms with Crippen molar-refractivity contribution in [3.05, 3.63) is 59.4 Å². The Morgan fingerprint density at radius 1 is 1.03 bits per heavy atom. The highest BCUT2D eigenvalue weighted by Crippen LogP contribution is 2.37. The normalized spacial score (nSPS) is 10.7. The van der Waals surface area contributed by atoms with Crippen molar-refractivity contribution in [2.45, 2.75) is 0 Å². The second-order valence-corrected chi connectivity index (χ2v) is 7.42. The van der Waals surface area contributed by atoms with Gasteiger partial charge in [0.25, 0.3) is 5.91 Å². The highest BCUT2D eigenvalue weighted by Gasteiger charge is 2.15. The molecular formula is C23H22ClN5O4. The van der Waals surface area contributed by atoms with Gasteiger partial charge in [-0.2, -0.15) is 0 Å². The fourth-order valence-corrected chi connectivity index (χ4v) is 3.53. The monoisotopic (exact) mass is 467 g/mol. The third-order valence-electron chi connectivity index (χ3n) is 5.00. The number of amides is 1. The summed E-state index contributed by atoms with van der Waals surface area (Å²) in [5.41, 5.74) is 2.54. The molecular weight excluding hydrogens is 446 g/mol. The molecule has 33 heavy (non-hydrogen) atoms. The number of aryl methyl sites for hydroxylation is 1. The van der Waals surface area contributed by atoms with Crippen LogP contribution >= 0.6 is 11.6 Å². The molecule has 0 atom stereocenters. The molecule has 0 saturated carbocycles. The quantitative estimate of drug-likeness (QED) is 0.411. The van der Waals surface area contributed by atoms with E-state index in [0.29, 0.717) is 39.7 Å². The minimum Gasteiger partial charge on any atom is -0.495 e. The number of aromatic nitrogens is 3. The number of pyridine rings is 1. The Labute approximate surface area is 195 Å². The van der Waals surface area contributed by atoms with Crippen LogP contribution in [0.4, 0.5) is 11.6 Å². The highest BCUT2D eigenvalue weighted by atomic mass is 35.5. The van der Waals surface area contributed by atoms with Crippen LogP contribution in [0.15, 0.2) is 48.7 Å². The third-order valence-corrected chi connectivity index (χ3v) is 5.29. The minimum absolute atomic E-state index is 0.271. The van der Waals surface area contributed by atoms with E-state index in [9.17, 15) is 4.79 Å². The number of anilines is 2. The number of nitrogens with zero attached hydrogens (tertiary/aromatic N) is 3. The van der Waals surface area contributed by atoms with Crippen LogP contribution in [0.3, 0.4) is 0 Å². The van der Waals surface area contributed by atoms with Gasteiger partial charge in [0.15, 0.2) is 0 Å². The zero-order valence-corrected chi connectivity index (χ0v) is 19.2. The zero-order chi connectivity index (χ0) is 23.5. The summed E-state index contributed by atoms with van der Waals surface area (Å²) in [4.78, 5) is 20.5. The number of fused-ring (bicyclic) bond motifs is 1. The van der Waals surface area contributed by atoms with Gasteiger partial charge >= 0.3 is 0 Å². The van der Waals surface area contributed by atoms with Gasteiger partial charge in [-0.15, -0.1) is 0 Å². The lowest BCUT2D eigenvalue weighted by Crippen LogP contribution is -2.18. The van der Waals surface area contributed by atoms with E-state index in [1.807, 2.05) is 29.8 Å². The van der Waals surface area contributed by atoms with Gasteiger partial charge in [0.2, 0.25) is 5.95 Å². The van der Waals surface area contributed by atoms with Crippen LogP contribution in [-0.2, 0) is 7.05 Å². The summed E-state index contributed by atoms with van der Waals surface area (Å²) in [6.07, 6.45) is 1.52. The van der Waals surface area contributed by atoms with Crippen LogP contribution < -0.4 is 24.8 Å². The molecule has 10 heteroatoms. The van der Waals surface area contributed by atoms with Crippen LogP contribution in [0.5, 0.6) is 23.0 Å². The molecule has 2 aromatic heterocycles. The molecule has 0 aliphatic carbocycles. The number of ether oxygens (including phenoxy) is 3. The number of carbonyl (C=O) groups excluding carboxylic acids is 1. The fourth-order valence-electron chi connectivity index (χ4n) is 3.30. The van der Waals surface area contributed by atoms with E-state index in [1.54, 1.807) is 45.5 Å². The van der Waals surface area contributed by atoms with E-state index in [-0.39, 0.29) is 11.6 Å². The second kappa shape index (κ2) is 9.25. The molecule has 9 nitrogen and oxygen atoms in total. The molecule has 0 aliphatic rings. The molecule has 2 N–H and O–H groups in total. The molecule has 0 radical (unpaired) electrons. The van der Waals surface area contributed by atoms with Gasteiger partial charge in [0, 0.05) is 44.6 Å². The minimum atomic E-state index is -0.286. The number of hydrogen-bond acceptors (Lipinski definition) is 7. The van der Waals surface area contributed by atoms with Crippen molar-refractivity contribution in [2.75, 3.05) is 26.6 Å². The number of benzene rings is 2. The number of imidazole rings is 1. The lowest BCUT2D eigenvalue weighted by Gasteiger charge is -2.13. The summed E-state index contributed by atoms with van der Waals surface area (Å²) in [5, 5.41) is 6.26. The predicted octanol–water partition coefficient (Wildman–Crippen LogP) is 4.53. The zero-order valence-electron chi connectivity index (χ0n) is 18.5. The molecule has 0 fully saturated rings. The van der Waals surface area contributed by atoms with E-state index < -0.39 is 0 Å². The van der Waals surface area contributed by atoms with Crippen LogP contribution in [0.25, 0.3) is 11.0 Å². The average Bonchev–Trinajstić information content (AvgIpc) is 3.13. The Morgan fingerprint density at radius 2 is 1.79 bits per heavy atom. The van der Waals surface area contributed by atoms with E-state index in [0.717, 1.165) is 11.0 Å². The molecule has 1 amide bonds. The Morgan fingerprint density at radius 3 is 2.52 bits per heavy atom. The van der Waals surface area contributed by atoms with Gasteiger partial charge in [-0.1, -0.05) is 11.6 Å². The summed E-state index contributed by atoms with van der Waals surface area (Å²) >= 11 is 6.20. The summed E-state index contributed by atoms with van der Waals surface area (Å²) < 4.78 is 18.6. The van der Waals surface area contributed by atoms with Gasteiger partial charge in [0.05, 0.1) is 36.0 Å². The van der Waals surface area contributed by atoms with E-state index in [4.69, 9.17) is 25.8 Å². The van der Waals surface area contributed by atoms with Crippen LogP contribution in [0, 0.1) is 0 Å². The molecule has 0 saturated heterocycles. The maximum atomic E-state index is 11.8. The topological polar surface area (TPSA) is 99.5 Å². The number of carbonyl (C=O) groups is 1. The first-order chi connectivity index (χ1) is 15.9. The Kier molecular flexibility index (Phi) is 6.23. The lowest BCUT2D eigenvalue weighted by atomic mass is 10.2. The van der Waals surface area contributed by atoms with Gasteiger partial charge < -0.3 is 29.4 Å². The lowest BCUT2D eigenvalue weighted by molar-refractivity contribution is 0.0958. The maximum absolute atomic E-state index is 11.8. The summed E-state index contributed by atoms with van der Waals surface area (Å²) in [6, 6.07) is 12.3. The van der Waals surface area contributed by atoms with Gasteiger partial charge in [-0.25, -0.2) is 4.98 Å². The molecule has 2 aromatic carbocycles. The summed E-state index contributed by atoms with van der Waals surface area (Å²) in [6.45, 7) is 0. The number of halogens is 1. The van der Waals surface area contributed by atoms with Crippen molar-refractivity contribution >= 4 is 40.2 Å². The molecule has 0 spiro atoms. The maximum Gasteiger partial charge on any atom is 0.269 e. The summed E-state index contributed by atoms with van der Waals surface area (Å²) in [7, 11) is 6.56. The van der Waals surface area contributed by atoms with Crippen molar-refractivity contribution in [3.63, 3.8) is 0 Å². The largest absolute Gasteiger partial charge is 0.495 e. The number of methoxy groups -OCH3 is 2. The SMILES string of the molecule is CNC(=O)c1cc(Oc2ccc3c(c2)nc(Nc2cc(OC)c(Cl)cc2OC)n3C)ccn1. The second-order valence-electron chi connectivity index (χ2n) is 7.01. The molecule has 4 rings (SSSR count). The van der Waals surface area contributed by atoms with Crippen LogP contribution in [0.1, 0.15) is 10.5 Å². The average molecular weight is 468 g/mol. The van der Waals surface area contributed by atoms with Crippen molar-refractivity contribution < 1.29 is 19.0 Å². The number of hydrogen-bond donors (Lipinski definition) is 2. The Bertz CT molecular complexity index is 1340. The van der Waals surface area contributed by atoms with Gasteiger partial charge in [-0.05, 0) is 18.2 Å². The smallest absolute Gasteiger partial charge is 0.269 e. The van der Waals surface area contributed by atoms with Crippen molar-refractivity contribution in [3.8, 4) is 23.0 Å². The van der Waals surface area contributed by atoms with Gasteiger partial charge in [-0.3, -0.25) is 9.78 Å². The molecule has 0 unspecified atom stereocenters. The predicted molar refractivity (Wildman–Crippen MR) is 126 cm³/mol. The highest BCUT2D eigenvalue weighted by molar-refractivity contribution is 6.32. The number of rotatable bonds is 7. The van der Waals surface area contributed by atoms with Crippen molar-refractivity contribution in [2.24, 2.45) is 7.05 Å². The first-order valence-electron chi connectivity index (χ1n) is 9.94. The first-order valence-corrected chi connectivity index (χ1v) is 10.3. The van der Waals surface area contributed by atoms with E-state index in [2.05, 4.69) is 20.6 Å². The third kappa shape index (κ3) is 4.49. The first kappa shape index (κ1) is 22.2. The molecule has 2 heterocycles. The van der Waals surface area contributed by atoms with E-state index >= 15 is 0 Å². The van der Waals surface area contributed by atoms with E-state index in [1.165, 1.54) is 6.20 Å². The van der Waals surface area contributed by atoms with Crippen LogP contribution in [-0.4, -0.2) is 41.7 Å². The Hall–Kier alpha value is -3.98. The number of nitrogens with one attached hydrogen (secondary N) is 2. The van der Waals surface area contributed by atoms with Crippen molar-refractivity contribution in [1.82, 2.24) is 19.9 Å². The van der Waals surface area contributed by atoms with Crippen LogP contribution in [0.2, 0.25) is 5.02 Å². The molecule has 0 bridgehead atoms.